The molecule has 0 aliphatic rings. The number of aromatic nitrogens is 3. The van der Waals surface area contributed by atoms with Crippen molar-refractivity contribution in [3.63, 3.8) is 0 Å². The highest BCUT2D eigenvalue weighted by Crippen LogP contribution is 2.33. The van der Waals surface area contributed by atoms with Gasteiger partial charge in [0.1, 0.15) is 12.4 Å². The van der Waals surface area contributed by atoms with Crippen LogP contribution < -0.4 is 4.74 Å². The summed E-state index contributed by atoms with van der Waals surface area (Å²) in [5.41, 5.74) is 0.595. The van der Waals surface area contributed by atoms with Crippen molar-refractivity contribution in [3.8, 4) is 22.6 Å². The molecule has 0 saturated heterocycles. The first-order chi connectivity index (χ1) is 14.4. The van der Waals surface area contributed by atoms with Gasteiger partial charge in [0.25, 0.3) is 0 Å². The van der Waals surface area contributed by atoms with Crippen molar-refractivity contribution >= 4 is 5.65 Å². The Morgan fingerprint density at radius 2 is 1.63 bits per heavy atom. The van der Waals surface area contributed by atoms with E-state index in [0.717, 1.165) is 23.6 Å². The monoisotopic (exact) mass is 417 g/mol. The Morgan fingerprint density at radius 3 is 2.30 bits per heavy atom. The SMILES string of the molecule is COCC(F)(F)c1nnc2ccc(-c3cc(F)c(Oc4ccccc4)c(F)c3)cn12. The molecular formula is C21H15F4N3O2. The van der Waals surface area contributed by atoms with E-state index in [9.17, 15) is 17.6 Å². The summed E-state index contributed by atoms with van der Waals surface area (Å²) >= 11 is 0. The second-order valence-electron chi connectivity index (χ2n) is 6.49. The normalized spacial score (nSPS) is 11.8. The maximum absolute atomic E-state index is 14.6. The molecule has 4 rings (SSSR count). The molecule has 0 fully saturated rings. The van der Waals surface area contributed by atoms with Gasteiger partial charge in [-0.05, 0) is 47.5 Å². The first kappa shape index (κ1) is 19.8. The van der Waals surface area contributed by atoms with Crippen molar-refractivity contribution in [2.75, 3.05) is 13.7 Å². The number of hydrogen-bond donors (Lipinski definition) is 0. The van der Waals surface area contributed by atoms with E-state index in [2.05, 4.69) is 14.9 Å². The first-order valence-electron chi connectivity index (χ1n) is 8.83. The second-order valence-corrected chi connectivity index (χ2v) is 6.49. The topological polar surface area (TPSA) is 48.7 Å². The largest absolute Gasteiger partial charge is 0.451 e. The Morgan fingerprint density at radius 1 is 0.933 bits per heavy atom. The lowest BCUT2D eigenvalue weighted by Gasteiger charge is -2.14. The van der Waals surface area contributed by atoms with Crippen LogP contribution in [0.1, 0.15) is 5.82 Å². The molecule has 0 unspecified atom stereocenters. The van der Waals surface area contributed by atoms with Crippen molar-refractivity contribution in [3.05, 3.63) is 78.3 Å². The number of halogens is 4. The van der Waals surface area contributed by atoms with Crippen LogP contribution in [0.4, 0.5) is 17.6 Å². The Kier molecular flexibility index (Phi) is 5.13. The van der Waals surface area contributed by atoms with Gasteiger partial charge >= 0.3 is 5.92 Å². The number of alkyl halides is 2. The number of fused-ring (bicyclic) bond motifs is 1. The van der Waals surface area contributed by atoms with Crippen LogP contribution in [0, 0.1) is 11.6 Å². The summed E-state index contributed by atoms with van der Waals surface area (Å²) in [7, 11) is 1.15. The van der Waals surface area contributed by atoms with Gasteiger partial charge in [0.05, 0.1) is 0 Å². The smallest absolute Gasteiger partial charge is 0.329 e. The van der Waals surface area contributed by atoms with Gasteiger partial charge in [0, 0.05) is 13.3 Å². The summed E-state index contributed by atoms with van der Waals surface area (Å²) in [6.07, 6.45) is 1.29. The van der Waals surface area contributed by atoms with E-state index in [-0.39, 0.29) is 17.0 Å². The molecule has 0 radical (unpaired) electrons. The molecule has 5 nitrogen and oxygen atoms in total. The van der Waals surface area contributed by atoms with E-state index in [1.165, 1.54) is 18.3 Å². The van der Waals surface area contributed by atoms with Crippen molar-refractivity contribution in [2.24, 2.45) is 0 Å². The molecule has 9 heteroatoms. The number of nitrogens with zero attached hydrogens (tertiary/aromatic N) is 3. The Balaban J connectivity index is 1.73. The van der Waals surface area contributed by atoms with Gasteiger partial charge in [-0.25, -0.2) is 8.78 Å². The summed E-state index contributed by atoms with van der Waals surface area (Å²) < 4.78 is 68.6. The highest BCUT2D eigenvalue weighted by molar-refractivity contribution is 5.66. The molecule has 4 aromatic rings. The molecular weight excluding hydrogens is 402 g/mol. The van der Waals surface area contributed by atoms with E-state index in [1.54, 1.807) is 30.3 Å². The summed E-state index contributed by atoms with van der Waals surface area (Å²) in [6, 6.07) is 13.3. The first-order valence-corrected chi connectivity index (χ1v) is 8.83. The van der Waals surface area contributed by atoms with Gasteiger partial charge in [-0.1, -0.05) is 18.2 Å². The molecule has 0 aliphatic heterocycles. The highest BCUT2D eigenvalue weighted by Gasteiger charge is 2.37. The van der Waals surface area contributed by atoms with Crippen molar-refractivity contribution < 1.29 is 27.0 Å². The van der Waals surface area contributed by atoms with Crippen molar-refractivity contribution in [1.29, 1.82) is 0 Å². The lowest BCUT2D eigenvalue weighted by Crippen LogP contribution is -2.23. The van der Waals surface area contributed by atoms with Crippen LogP contribution in [-0.2, 0) is 10.7 Å². The predicted octanol–water partition coefficient (Wildman–Crippen LogP) is 5.21. The van der Waals surface area contributed by atoms with Gasteiger partial charge in [-0.3, -0.25) is 4.40 Å². The van der Waals surface area contributed by atoms with Crippen LogP contribution >= 0.6 is 0 Å². The van der Waals surface area contributed by atoms with Crippen molar-refractivity contribution in [1.82, 2.24) is 14.6 Å². The molecule has 0 amide bonds. The summed E-state index contributed by atoms with van der Waals surface area (Å²) in [5.74, 6) is -6.16. The molecule has 0 bridgehead atoms. The number of para-hydroxylation sites is 1. The summed E-state index contributed by atoms with van der Waals surface area (Å²) in [6.45, 7) is -0.882. The highest BCUT2D eigenvalue weighted by atomic mass is 19.3. The molecule has 0 spiro atoms. The molecule has 2 aromatic carbocycles. The average molecular weight is 417 g/mol. The fraction of sp³-hybridized carbons (Fsp3) is 0.143. The molecule has 30 heavy (non-hydrogen) atoms. The fourth-order valence-electron chi connectivity index (χ4n) is 2.99. The lowest BCUT2D eigenvalue weighted by molar-refractivity contribution is -0.0773. The van der Waals surface area contributed by atoms with E-state index >= 15 is 0 Å². The maximum Gasteiger partial charge on any atom is 0.329 e. The average Bonchev–Trinajstić information content (AvgIpc) is 3.15. The maximum atomic E-state index is 14.6. The number of pyridine rings is 1. The zero-order valence-electron chi connectivity index (χ0n) is 15.7. The van der Waals surface area contributed by atoms with E-state index in [1.807, 2.05) is 0 Å². The van der Waals surface area contributed by atoms with Gasteiger partial charge in [-0.2, -0.15) is 8.78 Å². The minimum absolute atomic E-state index is 0.141. The predicted molar refractivity (Wildman–Crippen MR) is 101 cm³/mol. The third kappa shape index (κ3) is 3.71. The second kappa shape index (κ2) is 7.75. The quantitative estimate of drug-likeness (QED) is 0.405. The Bertz CT molecular complexity index is 1170. The van der Waals surface area contributed by atoms with Gasteiger partial charge in [0.15, 0.2) is 23.0 Å². The third-order valence-electron chi connectivity index (χ3n) is 4.35. The molecule has 2 heterocycles. The van der Waals surface area contributed by atoms with E-state index < -0.39 is 35.7 Å². The van der Waals surface area contributed by atoms with Crippen LogP contribution in [0.15, 0.2) is 60.8 Å². The fourth-order valence-corrected chi connectivity index (χ4v) is 2.99. The number of rotatable bonds is 6. The number of methoxy groups -OCH3 is 1. The third-order valence-corrected chi connectivity index (χ3v) is 4.35. The number of hydrogen-bond acceptors (Lipinski definition) is 4. The van der Waals surface area contributed by atoms with Crippen LogP contribution in [0.25, 0.3) is 16.8 Å². The number of benzene rings is 2. The van der Waals surface area contributed by atoms with Crippen LogP contribution in [0.5, 0.6) is 11.5 Å². The minimum Gasteiger partial charge on any atom is -0.451 e. The summed E-state index contributed by atoms with van der Waals surface area (Å²) in [5, 5.41) is 7.24. The molecule has 154 valence electrons. The van der Waals surface area contributed by atoms with Gasteiger partial charge in [0.2, 0.25) is 5.82 Å². The molecule has 0 saturated carbocycles. The zero-order chi connectivity index (χ0) is 21.3. The van der Waals surface area contributed by atoms with Crippen LogP contribution in [0.2, 0.25) is 0 Å². The van der Waals surface area contributed by atoms with E-state index in [0.29, 0.717) is 5.56 Å². The standard InChI is InChI=1S/C21H15F4N3O2/c1-29-12-21(24,25)20-27-26-18-8-7-13(11-28(18)20)14-9-16(22)19(17(23)10-14)30-15-5-3-2-4-6-15/h2-11H,12H2,1H3. The van der Waals surface area contributed by atoms with Crippen LogP contribution in [0.3, 0.4) is 0 Å². The Hall–Kier alpha value is -3.46. The van der Waals surface area contributed by atoms with E-state index in [4.69, 9.17) is 4.74 Å². The van der Waals surface area contributed by atoms with Gasteiger partial charge < -0.3 is 9.47 Å². The Labute approximate surface area is 168 Å². The zero-order valence-corrected chi connectivity index (χ0v) is 15.7. The molecule has 0 atom stereocenters. The molecule has 0 aliphatic carbocycles. The van der Waals surface area contributed by atoms with Crippen molar-refractivity contribution in [2.45, 2.75) is 5.92 Å². The minimum atomic E-state index is -3.39. The van der Waals surface area contributed by atoms with Crippen LogP contribution in [-0.4, -0.2) is 28.3 Å². The lowest BCUT2D eigenvalue weighted by atomic mass is 10.1. The molecule has 0 N–H and O–H groups in total. The summed E-state index contributed by atoms with van der Waals surface area (Å²) in [4.78, 5) is 0. The number of ether oxygens (including phenoxy) is 2. The molecule has 2 aromatic heterocycles. The van der Waals surface area contributed by atoms with Gasteiger partial charge in [-0.15, -0.1) is 10.2 Å².